The van der Waals surface area contributed by atoms with E-state index >= 15 is 0 Å². The van der Waals surface area contributed by atoms with Gasteiger partial charge in [-0.2, -0.15) is 0 Å². The van der Waals surface area contributed by atoms with E-state index in [0.29, 0.717) is 18.8 Å². The third kappa shape index (κ3) is 4.98. The van der Waals surface area contributed by atoms with Crippen LogP contribution >= 0.6 is 0 Å². The highest BCUT2D eigenvalue weighted by Crippen LogP contribution is 2.73. The van der Waals surface area contributed by atoms with E-state index in [0.717, 1.165) is 37.7 Å². The Balaban J connectivity index is 1.43. The fourth-order valence-corrected chi connectivity index (χ4v) is 11.7. The molecule has 5 aliphatic rings. The minimum atomic E-state index is -1.30. The number of rotatable bonds is 6. The van der Waals surface area contributed by atoms with Crippen molar-refractivity contribution < 1.29 is 34.3 Å². The first kappa shape index (κ1) is 34.1. The Hall–Kier alpha value is -1.25. The lowest BCUT2D eigenvalue weighted by atomic mass is 9.37. The summed E-state index contributed by atoms with van der Waals surface area (Å²) in [6.07, 6.45) is 7.85. The van der Waals surface area contributed by atoms with Gasteiger partial charge >= 0.3 is 5.97 Å². The number of carbonyl (C=O) groups is 1. The SMILES string of the molecule is CO[C@@H]1O[C@@](C)([C@H](O)C(C)(C)O)C[C@H]1[C@@H]1CC=C2[C@]3(C)[C@H](O)C[C@H]4C(C)(C)[C@H](OC(=O)C=C(C)C)CC[C@]4(C)[C@H]3CC[C@]21C. The predicted octanol–water partition coefficient (Wildman–Crippen LogP) is 6.34. The van der Waals surface area contributed by atoms with Crippen LogP contribution in [0.15, 0.2) is 23.3 Å². The molecule has 0 aromatic carbocycles. The van der Waals surface area contributed by atoms with E-state index in [-0.39, 0.29) is 51.5 Å². The molecule has 3 saturated carbocycles. The molecule has 0 spiro atoms. The molecule has 7 heteroatoms. The summed E-state index contributed by atoms with van der Waals surface area (Å²) >= 11 is 0. The van der Waals surface area contributed by atoms with Crippen molar-refractivity contribution in [3.8, 4) is 0 Å². The molecule has 5 rings (SSSR count). The highest BCUT2D eigenvalue weighted by molar-refractivity contribution is 5.82. The Labute approximate surface area is 265 Å². The molecule has 1 heterocycles. The Morgan fingerprint density at radius 1 is 1.09 bits per heavy atom. The normalized spacial score (nSPS) is 47.1. The number of carbonyl (C=O) groups excluding carboxylic acids is 1. The summed E-state index contributed by atoms with van der Waals surface area (Å²) in [4.78, 5) is 12.7. The first-order valence-corrected chi connectivity index (χ1v) is 17.0. The molecule has 0 amide bonds. The monoisotopic (exact) mass is 616 g/mol. The van der Waals surface area contributed by atoms with Crippen molar-refractivity contribution in [2.24, 2.45) is 45.3 Å². The molecule has 0 unspecified atom stereocenters. The van der Waals surface area contributed by atoms with Crippen LogP contribution in [0.25, 0.3) is 0 Å². The van der Waals surface area contributed by atoms with Gasteiger partial charge < -0.3 is 29.5 Å². The van der Waals surface area contributed by atoms with Gasteiger partial charge in [-0.25, -0.2) is 4.79 Å². The quantitative estimate of drug-likeness (QED) is 0.182. The Kier molecular flexibility index (Phi) is 8.45. The third-order valence-electron chi connectivity index (χ3n) is 13.7. The highest BCUT2D eigenvalue weighted by Gasteiger charge is 2.69. The molecule has 0 bridgehead atoms. The summed E-state index contributed by atoms with van der Waals surface area (Å²) in [7, 11) is 1.67. The maximum Gasteiger partial charge on any atom is 0.330 e. The van der Waals surface area contributed by atoms with Crippen LogP contribution < -0.4 is 0 Å². The third-order valence-corrected chi connectivity index (χ3v) is 13.7. The second kappa shape index (κ2) is 10.9. The van der Waals surface area contributed by atoms with Gasteiger partial charge in [0.1, 0.15) is 12.2 Å². The lowest BCUT2D eigenvalue weighted by molar-refractivity contribution is -0.224. The molecule has 0 aromatic heterocycles. The summed E-state index contributed by atoms with van der Waals surface area (Å²) in [5.41, 5.74) is -0.626. The molecule has 1 saturated heterocycles. The van der Waals surface area contributed by atoms with Gasteiger partial charge in [0.05, 0.1) is 17.3 Å². The van der Waals surface area contributed by atoms with Crippen molar-refractivity contribution in [1.82, 2.24) is 0 Å². The number of aliphatic hydroxyl groups is 3. The summed E-state index contributed by atoms with van der Waals surface area (Å²) < 4.78 is 18.4. The minimum absolute atomic E-state index is 0.0120. The second-order valence-corrected chi connectivity index (χ2v) is 17.5. The zero-order valence-electron chi connectivity index (χ0n) is 29.2. The molecule has 0 aromatic rings. The van der Waals surface area contributed by atoms with Crippen LogP contribution in [0, 0.1) is 45.3 Å². The van der Waals surface area contributed by atoms with Crippen LogP contribution in [0.3, 0.4) is 0 Å². The maximum absolute atomic E-state index is 12.7. The summed E-state index contributed by atoms with van der Waals surface area (Å²) in [5.74, 6) is 0.578. The molecule has 250 valence electrons. The average molecular weight is 617 g/mol. The predicted molar refractivity (Wildman–Crippen MR) is 170 cm³/mol. The first-order chi connectivity index (χ1) is 20.2. The van der Waals surface area contributed by atoms with Gasteiger partial charge in [0, 0.05) is 29.9 Å². The maximum atomic E-state index is 12.7. The number of hydrogen-bond donors (Lipinski definition) is 3. The molecule has 4 aliphatic carbocycles. The molecule has 3 N–H and O–H groups in total. The van der Waals surface area contributed by atoms with E-state index in [4.69, 9.17) is 14.2 Å². The number of methoxy groups -OCH3 is 1. The smallest absolute Gasteiger partial charge is 0.330 e. The largest absolute Gasteiger partial charge is 0.459 e. The molecule has 7 nitrogen and oxygen atoms in total. The van der Waals surface area contributed by atoms with Gasteiger partial charge in [0.2, 0.25) is 0 Å². The van der Waals surface area contributed by atoms with Crippen LogP contribution in [-0.4, -0.2) is 64.2 Å². The van der Waals surface area contributed by atoms with Crippen LogP contribution in [0.4, 0.5) is 0 Å². The molecule has 44 heavy (non-hydrogen) atoms. The number of aliphatic hydroxyl groups excluding tert-OH is 2. The molecular formula is C37H60O7. The van der Waals surface area contributed by atoms with Crippen molar-refractivity contribution in [3.63, 3.8) is 0 Å². The van der Waals surface area contributed by atoms with Gasteiger partial charge in [-0.15, -0.1) is 0 Å². The number of allylic oxidation sites excluding steroid dienone is 2. The summed E-state index contributed by atoms with van der Waals surface area (Å²) in [5, 5.41) is 34.0. The second-order valence-electron chi connectivity index (χ2n) is 17.5. The average Bonchev–Trinajstić information content (AvgIpc) is 3.44. The summed E-state index contributed by atoms with van der Waals surface area (Å²) in [6, 6.07) is 0. The van der Waals surface area contributed by atoms with Crippen molar-refractivity contribution in [1.29, 1.82) is 0 Å². The van der Waals surface area contributed by atoms with E-state index < -0.39 is 29.7 Å². The lowest BCUT2D eigenvalue weighted by Crippen LogP contribution is -2.65. The van der Waals surface area contributed by atoms with Gasteiger partial charge in [0.25, 0.3) is 0 Å². The van der Waals surface area contributed by atoms with Crippen LogP contribution in [0.2, 0.25) is 0 Å². The molecule has 0 radical (unpaired) electrons. The number of ether oxygens (including phenoxy) is 3. The van der Waals surface area contributed by atoms with Crippen molar-refractivity contribution >= 4 is 5.97 Å². The highest BCUT2D eigenvalue weighted by atomic mass is 16.7. The van der Waals surface area contributed by atoms with Gasteiger partial charge in [0.15, 0.2) is 6.29 Å². The number of esters is 1. The molecule has 12 atom stereocenters. The molecule has 1 aliphatic heterocycles. The topological polar surface area (TPSA) is 105 Å². The van der Waals surface area contributed by atoms with E-state index in [1.54, 1.807) is 27.0 Å². The minimum Gasteiger partial charge on any atom is -0.459 e. The van der Waals surface area contributed by atoms with Gasteiger partial charge in [-0.05, 0) is 108 Å². The standard InChI is InChI=1S/C37H60O7/c1-21(2)18-29(39)43-28-15-17-35(8)25-14-16-34(7)23(22-20-36(9,44-30(22)42-11)31(40)33(5,6)41)12-13-24(34)37(25,10)27(38)19-26(35)32(28,3)4/h13,18,22-23,25-28,30-31,38,40-41H,12,14-17,19-20H2,1-11H3/t22-,23-,25+,26-,27+,28+,30+,31+,34-,35+,36+,37-/m0/s1. The Morgan fingerprint density at radius 2 is 1.75 bits per heavy atom. The Morgan fingerprint density at radius 3 is 2.34 bits per heavy atom. The van der Waals surface area contributed by atoms with E-state index in [1.807, 2.05) is 20.8 Å². The van der Waals surface area contributed by atoms with Crippen LogP contribution in [-0.2, 0) is 19.0 Å². The van der Waals surface area contributed by atoms with Crippen molar-refractivity contribution in [2.45, 2.75) is 150 Å². The summed E-state index contributed by atoms with van der Waals surface area (Å²) in [6.45, 7) is 20.6. The van der Waals surface area contributed by atoms with E-state index in [9.17, 15) is 20.1 Å². The zero-order valence-corrected chi connectivity index (χ0v) is 29.2. The zero-order chi connectivity index (χ0) is 32.8. The van der Waals surface area contributed by atoms with Crippen LogP contribution in [0.5, 0.6) is 0 Å². The van der Waals surface area contributed by atoms with E-state index in [1.165, 1.54) is 5.57 Å². The molecule has 4 fully saturated rings. The Bertz CT molecular complexity index is 1190. The van der Waals surface area contributed by atoms with Crippen molar-refractivity contribution in [3.05, 3.63) is 23.3 Å². The van der Waals surface area contributed by atoms with Crippen LogP contribution in [0.1, 0.15) is 114 Å². The van der Waals surface area contributed by atoms with Gasteiger partial charge in [-0.1, -0.05) is 51.8 Å². The number of fused-ring (bicyclic) bond motifs is 5. The fourth-order valence-electron chi connectivity index (χ4n) is 11.7. The van der Waals surface area contributed by atoms with Crippen molar-refractivity contribution in [2.75, 3.05) is 7.11 Å². The van der Waals surface area contributed by atoms with E-state index in [2.05, 4.69) is 40.7 Å². The fraction of sp³-hybridized carbons (Fsp3) is 0.865. The molecular weight excluding hydrogens is 556 g/mol. The first-order valence-electron chi connectivity index (χ1n) is 17.0. The van der Waals surface area contributed by atoms with Gasteiger partial charge in [-0.3, -0.25) is 0 Å². The lowest BCUT2D eigenvalue weighted by Gasteiger charge is -2.68. The number of hydrogen-bond acceptors (Lipinski definition) is 7.